The standard InChI is InChI=1S/C25H22ClNO3.Na/c26-18-13-14-24(30-16-17-7-2-1-3-8-17)21(15-18)19-9-4-5-10-20(19)22-11-6-12-23(27-22)25(28)29;/h1-3,6-8,11-15H,4-5,9-10,16H2,(H,28,29);/q;+1/p-1. The van der Waals surface area contributed by atoms with E-state index in [0.717, 1.165) is 53.7 Å². The van der Waals surface area contributed by atoms with Gasteiger partial charge in [-0.15, -0.1) is 0 Å². The van der Waals surface area contributed by atoms with Crippen molar-refractivity contribution in [2.45, 2.75) is 32.3 Å². The molecule has 0 aliphatic heterocycles. The van der Waals surface area contributed by atoms with Crippen molar-refractivity contribution < 1.29 is 44.2 Å². The first-order valence-electron chi connectivity index (χ1n) is 9.99. The van der Waals surface area contributed by atoms with Gasteiger partial charge in [0.1, 0.15) is 12.4 Å². The van der Waals surface area contributed by atoms with Gasteiger partial charge in [-0.05, 0) is 72.7 Å². The Hall–Kier alpha value is -2.11. The number of pyridine rings is 1. The maximum Gasteiger partial charge on any atom is 1.00 e. The second-order valence-corrected chi connectivity index (χ2v) is 7.71. The van der Waals surface area contributed by atoms with Crippen LogP contribution in [0.1, 0.15) is 53.0 Å². The van der Waals surface area contributed by atoms with Gasteiger partial charge in [-0.2, -0.15) is 0 Å². The number of allylic oxidation sites excluding steroid dienone is 2. The molecule has 0 saturated carbocycles. The molecule has 1 aromatic heterocycles. The van der Waals surface area contributed by atoms with Crippen molar-refractivity contribution in [3.63, 3.8) is 0 Å². The molecule has 1 heterocycles. The number of carbonyl (C=O) groups is 1. The molecular formula is C25H21ClNNaO3. The molecule has 31 heavy (non-hydrogen) atoms. The molecule has 6 heteroatoms. The molecule has 0 amide bonds. The molecule has 4 nitrogen and oxygen atoms in total. The Balaban J connectivity index is 0.00000272. The van der Waals surface area contributed by atoms with Gasteiger partial charge in [0.15, 0.2) is 0 Å². The van der Waals surface area contributed by atoms with Gasteiger partial charge in [0, 0.05) is 10.6 Å². The first-order valence-corrected chi connectivity index (χ1v) is 10.4. The molecule has 2 aromatic carbocycles. The fourth-order valence-corrected chi connectivity index (χ4v) is 3.97. The molecule has 0 N–H and O–H groups in total. The second-order valence-electron chi connectivity index (χ2n) is 7.27. The molecule has 0 radical (unpaired) electrons. The van der Waals surface area contributed by atoms with Crippen LogP contribution in [0.25, 0.3) is 11.1 Å². The summed E-state index contributed by atoms with van der Waals surface area (Å²) >= 11 is 6.33. The third-order valence-corrected chi connectivity index (χ3v) is 5.47. The van der Waals surface area contributed by atoms with E-state index < -0.39 is 5.97 Å². The van der Waals surface area contributed by atoms with Crippen LogP contribution in [0.4, 0.5) is 0 Å². The maximum absolute atomic E-state index is 11.3. The largest absolute Gasteiger partial charge is 1.00 e. The van der Waals surface area contributed by atoms with Crippen LogP contribution in [0.2, 0.25) is 5.02 Å². The van der Waals surface area contributed by atoms with Crippen LogP contribution in [0.3, 0.4) is 0 Å². The van der Waals surface area contributed by atoms with Crippen molar-refractivity contribution >= 4 is 28.7 Å². The van der Waals surface area contributed by atoms with E-state index in [1.807, 2.05) is 54.6 Å². The third-order valence-electron chi connectivity index (χ3n) is 5.24. The SMILES string of the molecule is O=C([O-])c1cccc(C2=C(c3cc(Cl)ccc3OCc3ccccc3)CCCC2)n1.[Na+]. The molecule has 0 spiro atoms. The summed E-state index contributed by atoms with van der Waals surface area (Å²) < 4.78 is 6.16. The van der Waals surface area contributed by atoms with Crippen molar-refractivity contribution in [2.24, 2.45) is 0 Å². The van der Waals surface area contributed by atoms with Gasteiger partial charge in [-0.1, -0.05) is 48.0 Å². The van der Waals surface area contributed by atoms with Crippen molar-refractivity contribution in [1.82, 2.24) is 4.98 Å². The number of nitrogens with zero attached hydrogens (tertiary/aromatic N) is 1. The molecule has 0 unspecified atom stereocenters. The Morgan fingerprint density at radius 2 is 1.71 bits per heavy atom. The Morgan fingerprint density at radius 1 is 0.968 bits per heavy atom. The van der Waals surface area contributed by atoms with Gasteiger partial charge < -0.3 is 14.6 Å². The molecular weight excluding hydrogens is 421 g/mol. The molecule has 0 bridgehead atoms. The number of halogens is 1. The molecule has 1 aliphatic rings. The van der Waals surface area contributed by atoms with Gasteiger partial charge in [-0.25, -0.2) is 4.98 Å². The van der Waals surface area contributed by atoms with Crippen molar-refractivity contribution in [1.29, 1.82) is 0 Å². The van der Waals surface area contributed by atoms with Crippen molar-refractivity contribution in [3.05, 3.63) is 94.3 Å². The zero-order valence-corrected chi connectivity index (χ0v) is 20.2. The summed E-state index contributed by atoms with van der Waals surface area (Å²) in [6.07, 6.45) is 3.75. The molecule has 4 rings (SSSR count). The van der Waals surface area contributed by atoms with Crippen molar-refractivity contribution in [3.8, 4) is 5.75 Å². The summed E-state index contributed by atoms with van der Waals surface area (Å²) in [5, 5.41) is 11.9. The molecule has 0 fully saturated rings. The summed E-state index contributed by atoms with van der Waals surface area (Å²) in [5.41, 5.74) is 4.77. The topological polar surface area (TPSA) is 62.2 Å². The minimum atomic E-state index is -1.27. The van der Waals surface area contributed by atoms with E-state index in [2.05, 4.69) is 4.98 Å². The van der Waals surface area contributed by atoms with E-state index in [9.17, 15) is 9.90 Å². The van der Waals surface area contributed by atoms with Crippen LogP contribution in [0, 0.1) is 0 Å². The summed E-state index contributed by atoms with van der Waals surface area (Å²) in [4.78, 5) is 15.6. The van der Waals surface area contributed by atoms with Gasteiger partial charge >= 0.3 is 29.6 Å². The van der Waals surface area contributed by atoms with E-state index in [1.165, 1.54) is 6.07 Å². The first-order chi connectivity index (χ1) is 14.6. The minimum absolute atomic E-state index is 0. The van der Waals surface area contributed by atoms with Crippen LogP contribution in [0.5, 0.6) is 5.75 Å². The number of rotatable bonds is 6. The number of ether oxygens (including phenoxy) is 1. The fraction of sp³-hybridized carbons (Fsp3) is 0.200. The monoisotopic (exact) mass is 441 g/mol. The van der Waals surface area contributed by atoms with Gasteiger partial charge in [0.25, 0.3) is 0 Å². The van der Waals surface area contributed by atoms with Gasteiger partial charge in [0.05, 0.1) is 17.4 Å². The summed E-state index contributed by atoms with van der Waals surface area (Å²) in [5.74, 6) is -0.516. The van der Waals surface area contributed by atoms with E-state index in [-0.39, 0.29) is 35.3 Å². The summed E-state index contributed by atoms with van der Waals surface area (Å²) in [7, 11) is 0. The molecule has 1 aliphatic carbocycles. The number of aromatic nitrogens is 1. The number of benzene rings is 2. The number of carboxylic acids is 1. The molecule has 152 valence electrons. The Labute approximate surface area is 209 Å². The number of carbonyl (C=O) groups excluding carboxylic acids is 1. The van der Waals surface area contributed by atoms with E-state index in [4.69, 9.17) is 16.3 Å². The zero-order valence-electron chi connectivity index (χ0n) is 17.4. The number of carboxylic acid groups (broad SMARTS) is 1. The Morgan fingerprint density at radius 3 is 2.45 bits per heavy atom. The molecule has 3 aromatic rings. The molecule has 0 saturated heterocycles. The third kappa shape index (κ3) is 5.78. The van der Waals surface area contributed by atoms with Crippen molar-refractivity contribution in [2.75, 3.05) is 0 Å². The van der Waals surface area contributed by atoms with Crippen LogP contribution >= 0.6 is 11.6 Å². The average molecular weight is 442 g/mol. The smallest absolute Gasteiger partial charge is 0.543 e. The normalized spacial score (nSPS) is 13.5. The van der Waals surface area contributed by atoms with Crippen LogP contribution in [-0.2, 0) is 6.61 Å². The summed E-state index contributed by atoms with van der Waals surface area (Å²) in [6, 6.07) is 20.6. The maximum atomic E-state index is 11.3. The first kappa shape index (κ1) is 23.6. The minimum Gasteiger partial charge on any atom is -0.543 e. The average Bonchev–Trinajstić information content (AvgIpc) is 2.79. The predicted molar refractivity (Wildman–Crippen MR) is 116 cm³/mol. The van der Waals surface area contributed by atoms with E-state index in [0.29, 0.717) is 17.3 Å². The fourth-order valence-electron chi connectivity index (χ4n) is 3.80. The quantitative estimate of drug-likeness (QED) is 0.550. The van der Waals surface area contributed by atoms with Gasteiger partial charge in [0.2, 0.25) is 0 Å². The van der Waals surface area contributed by atoms with Crippen LogP contribution in [-0.4, -0.2) is 11.0 Å². The number of hydrogen-bond donors (Lipinski definition) is 0. The second kappa shape index (κ2) is 11.0. The van der Waals surface area contributed by atoms with E-state index >= 15 is 0 Å². The van der Waals surface area contributed by atoms with Crippen LogP contribution < -0.4 is 39.4 Å². The van der Waals surface area contributed by atoms with Crippen LogP contribution in [0.15, 0.2) is 66.7 Å². The summed E-state index contributed by atoms with van der Waals surface area (Å²) in [6.45, 7) is 0.455. The van der Waals surface area contributed by atoms with Gasteiger partial charge in [-0.3, -0.25) is 0 Å². The Kier molecular flexibility index (Phi) is 8.33. The molecule has 0 atom stereocenters. The van der Waals surface area contributed by atoms with E-state index in [1.54, 1.807) is 6.07 Å². The Bertz CT molecular complexity index is 1100. The number of aromatic carboxylic acids is 1. The number of hydrogen-bond acceptors (Lipinski definition) is 4. The predicted octanol–water partition coefficient (Wildman–Crippen LogP) is 2.17. The zero-order chi connectivity index (χ0) is 20.9.